The number of benzene rings is 3. The van der Waals surface area contributed by atoms with E-state index in [4.69, 9.17) is 11.6 Å². The van der Waals surface area contributed by atoms with Gasteiger partial charge in [0.1, 0.15) is 11.9 Å². The van der Waals surface area contributed by atoms with Gasteiger partial charge >= 0.3 is 0 Å². The van der Waals surface area contributed by atoms with Crippen molar-refractivity contribution in [3.63, 3.8) is 0 Å². The number of hydrogen-bond donors (Lipinski definition) is 2. The molecule has 33 heavy (non-hydrogen) atoms. The fourth-order valence-corrected chi connectivity index (χ4v) is 3.72. The van der Waals surface area contributed by atoms with E-state index in [2.05, 4.69) is 10.6 Å². The van der Waals surface area contributed by atoms with Crippen LogP contribution in [0.25, 0.3) is 6.08 Å². The lowest BCUT2D eigenvalue weighted by atomic mass is 10.0. The van der Waals surface area contributed by atoms with Gasteiger partial charge < -0.3 is 10.6 Å². The van der Waals surface area contributed by atoms with E-state index in [1.165, 1.54) is 35.2 Å². The molecule has 0 fully saturated rings. The molecule has 3 aromatic rings. The molecular formula is C25H19ClFN3O3. The largest absolute Gasteiger partial charge is 0.326 e. The summed E-state index contributed by atoms with van der Waals surface area (Å²) >= 11 is 6.17. The van der Waals surface area contributed by atoms with Crippen LogP contribution in [0.5, 0.6) is 0 Å². The first-order chi connectivity index (χ1) is 15.9. The van der Waals surface area contributed by atoms with Gasteiger partial charge in [-0.05, 0) is 54.1 Å². The number of amides is 3. The average molecular weight is 464 g/mol. The Morgan fingerprint density at radius 3 is 2.48 bits per heavy atom. The van der Waals surface area contributed by atoms with Gasteiger partial charge in [0.25, 0.3) is 5.91 Å². The van der Waals surface area contributed by atoms with E-state index < -0.39 is 29.6 Å². The summed E-state index contributed by atoms with van der Waals surface area (Å²) in [5, 5.41) is 5.85. The zero-order valence-corrected chi connectivity index (χ0v) is 18.1. The van der Waals surface area contributed by atoms with Crippen molar-refractivity contribution in [1.29, 1.82) is 0 Å². The van der Waals surface area contributed by atoms with Crippen LogP contribution in [0.15, 0.2) is 78.9 Å². The Balaban J connectivity index is 1.60. The smallest absolute Gasteiger partial charge is 0.251 e. The molecule has 1 atom stereocenters. The van der Waals surface area contributed by atoms with Crippen LogP contribution in [-0.2, 0) is 14.4 Å². The van der Waals surface area contributed by atoms with E-state index in [-0.39, 0.29) is 6.42 Å². The molecule has 0 spiro atoms. The Labute approximate surface area is 194 Å². The quantitative estimate of drug-likeness (QED) is 0.529. The van der Waals surface area contributed by atoms with Gasteiger partial charge in [-0.3, -0.25) is 19.3 Å². The third-order valence-electron chi connectivity index (χ3n) is 5.09. The summed E-state index contributed by atoms with van der Waals surface area (Å²) in [6, 6.07) is 18.1. The highest BCUT2D eigenvalue weighted by Crippen LogP contribution is 2.33. The van der Waals surface area contributed by atoms with Crippen molar-refractivity contribution in [2.45, 2.75) is 12.5 Å². The molecular weight excluding hydrogens is 445 g/mol. The second-order valence-electron chi connectivity index (χ2n) is 7.34. The van der Waals surface area contributed by atoms with Crippen LogP contribution in [0.2, 0.25) is 5.02 Å². The van der Waals surface area contributed by atoms with Crippen LogP contribution < -0.4 is 15.5 Å². The molecule has 0 unspecified atom stereocenters. The lowest BCUT2D eigenvalue weighted by Gasteiger charge is -2.35. The van der Waals surface area contributed by atoms with E-state index in [1.807, 2.05) is 0 Å². The van der Waals surface area contributed by atoms with E-state index in [0.29, 0.717) is 27.6 Å². The van der Waals surface area contributed by atoms with Gasteiger partial charge in [-0.2, -0.15) is 0 Å². The third kappa shape index (κ3) is 5.10. The van der Waals surface area contributed by atoms with Gasteiger partial charge in [-0.15, -0.1) is 0 Å². The second kappa shape index (κ2) is 9.67. The Kier molecular flexibility index (Phi) is 6.51. The van der Waals surface area contributed by atoms with E-state index >= 15 is 0 Å². The molecule has 6 nitrogen and oxygen atoms in total. The highest BCUT2D eigenvalue weighted by atomic mass is 35.5. The molecule has 8 heteroatoms. The van der Waals surface area contributed by atoms with E-state index in [1.54, 1.807) is 54.6 Å². The molecule has 166 valence electrons. The Hall–Kier alpha value is -3.97. The SMILES string of the molecule is O=C(C[C@H]1C(=O)Nc2ccccc2N1C(=O)/C=C/c1ccccc1Cl)Nc1ccc(F)cc1. The topological polar surface area (TPSA) is 78.5 Å². The summed E-state index contributed by atoms with van der Waals surface area (Å²) in [7, 11) is 0. The van der Waals surface area contributed by atoms with Crippen molar-refractivity contribution < 1.29 is 18.8 Å². The number of para-hydroxylation sites is 2. The summed E-state index contributed by atoms with van der Waals surface area (Å²) in [5.41, 5.74) is 1.98. The number of halogens is 2. The maximum atomic E-state index is 13.2. The summed E-state index contributed by atoms with van der Waals surface area (Å²) in [5.74, 6) is -1.88. The van der Waals surface area contributed by atoms with Gasteiger partial charge in [0.05, 0.1) is 17.8 Å². The zero-order chi connectivity index (χ0) is 23.4. The minimum Gasteiger partial charge on any atom is -0.326 e. The monoisotopic (exact) mass is 463 g/mol. The van der Waals surface area contributed by atoms with Crippen LogP contribution in [-0.4, -0.2) is 23.8 Å². The van der Waals surface area contributed by atoms with Crippen LogP contribution in [0.1, 0.15) is 12.0 Å². The summed E-state index contributed by atoms with van der Waals surface area (Å²) in [6.07, 6.45) is 2.60. The van der Waals surface area contributed by atoms with Crippen LogP contribution in [0.4, 0.5) is 21.5 Å². The minimum atomic E-state index is -1.08. The lowest BCUT2D eigenvalue weighted by Crippen LogP contribution is -2.52. The molecule has 2 N–H and O–H groups in total. The molecule has 3 amide bonds. The number of carbonyl (C=O) groups excluding carboxylic acids is 3. The van der Waals surface area contributed by atoms with Crippen LogP contribution in [0.3, 0.4) is 0 Å². The fourth-order valence-electron chi connectivity index (χ4n) is 3.52. The zero-order valence-electron chi connectivity index (χ0n) is 17.3. The number of fused-ring (bicyclic) bond motifs is 1. The number of hydrogen-bond acceptors (Lipinski definition) is 3. The molecule has 0 saturated heterocycles. The predicted octanol–water partition coefficient (Wildman–Crippen LogP) is 4.88. The maximum absolute atomic E-state index is 13.2. The van der Waals surface area contributed by atoms with Crippen molar-refractivity contribution in [2.24, 2.45) is 0 Å². The maximum Gasteiger partial charge on any atom is 0.251 e. The fraction of sp³-hybridized carbons (Fsp3) is 0.0800. The lowest BCUT2D eigenvalue weighted by molar-refractivity contribution is -0.124. The van der Waals surface area contributed by atoms with Gasteiger partial charge in [-0.25, -0.2) is 4.39 Å². The second-order valence-corrected chi connectivity index (χ2v) is 7.75. The number of nitrogens with one attached hydrogen (secondary N) is 2. The summed E-state index contributed by atoms with van der Waals surface area (Å²) < 4.78 is 13.1. The summed E-state index contributed by atoms with van der Waals surface area (Å²) in [6.45, 7) is 0. The molecule has 1 heterocycles. The Morgan fingerprint density at radius 1 is 1.03 bits per heavy atom. The molecule has 0 aliphatic carbocycles. The minimum absolute atomic E-state index is 0.288. The normalized spacial score (nSPS) is 15.2. The van der Waals surface area contributed by atoms with Crippen molar-refractivity contribution in [3.8, 4) is 0 Å². The number of anilines is 3. The number of carbonyl (C=O) groups is 3. The van der Waals surface area contributed by atoms with Crippen molar-refractivity contribution in [1.82, 2.24) is 0 Å². The molecule has 0 saturated carbocycles. The highest BCUT2D eigenvalue weighted by Gasteiger charge is 2.37. The molecule has 0 radical (unpaired) electrons. The molecule has 0 bridgehead atoms. The van der Waals surface area contributed by atoms with Gasteiger partial charge in [-0.1, -0.05) is 41.9 Å². The first kappa shape index (κ1) is 22.2. The van der Waals surface area contributed by atoms with Crippen molar-refractivity contribution >= 4 is 52.5 Å². The van der Waals surface area contributed by atoms with Gasteiger partial charge in [0, 0.05) is 16.8 Å². The first-order valence-corrected chi connectivity index (χ1v) is 10.5. The van der Waals surface area contributed by atoms with Crippen LogP contribution >= 0.6 is 11.6 Å². The van der Waals surface area contributed by atoms with Gasteiger partial charge in [0.2, 0.25) is 11.8 Å². The highest BCUT2D eigenvalue weighted by molar-refractivity contribution is 6.32. The summed E-state index contributed by atoms with van der Waals surface area (Å²) in [4.78, 5) is 40.0. The molecule has 0 aromatic heterocycles. The predicted molar refractivity (Wildman–Crippen MR) is 126 cm³/mol. The Morgan fingerprint density at radius 2 is 1.73 bits per heavy atom. The molecule has 4 rings (SSSR count). The van der Waals surface area contributed by atoms with Crippen LogP contribution in [0, 0.1) is 5.82 Å². The molecule has 1 aliphatic rings. The van der Waals surface area contributed by atoms with E-state index in [0.717, 1.165) is 0 Å². The molecule has 3 aromatic carbocycles. The standard InChI is InChI=1S/C25H19ClFN3O3/c26-19-6-2-1-5-16(19)9-14-24(32)30-21-8-4-3-7-20(21)29-25(33)22(30)15-23(31)28-18-12-10-17(27)11-13-18/h1-14,22H,15H2,(H,28,31)(H,29,33)/b14-9+/t22-/m0/s1. The third-order valence-corrected chi connectivity index (χ3v) is 5.43. The van der Waals surface area contributed by atoms with Crippen molar-refractivity contribution in [3.05, 3.63) is 95.3 Å². The number of rotatable bonds is 5. The van der Waals surface area contributed by atoms with Gasteiger partial charge in [0.15, 0.2) is 0 Å². The van der Waals surface area contributed by atoms with Crippen molar-refractivity contribution in [2.75, 3.05) is 15.5 Å². The van der Waals surface area contributed by atoms with E-state index in [9.17, 15) is 18.8 Å². The Bertz CT molecular complexity index is 1240. The number of nitrogens with zero attached hydrogens (tertiary/aromatic N) is 1. The first-order valence-electron chi connectivity index (χ1n) is 10.1. The average Bonchev–Trinajstić information content (AvgIpc) is 2.80. The molecule has 1 aliphatic heterocycles.